The zero-order valence-electron chi connectivity index (χ0n) is 15.7. The van der Waals surface area contributed by atoms with Crippen LogP contribution >= 0.6 is 0 Å². The lowest BCUT2D eigenvalue weighted by molar-refractivity contribution is -0.574. The summed E-state index contributed by atoms with van der Waals surface area (Å²) < 4.78 is 15.3. The van der Waals surface area contributed by atoms with Gasteiger partial charge in [-0.2, -0.15) is 0 Å². The molecule has 0 aliphatic carbocycles. The van der Waals surface area contributed by atoms with Gasteiger partial charge in [0.25, 0.3) is 0 Å². The van der Waals surface area contributed by atoms with Crippen molar-refractivity contribution in [1.29, 1.82) is 0 Å². The number of carboxylic acids is 1. The molecule has 10 heteroatoms. The van der Waals surface area contributed by atoms with Gasteiger partial charge >= 0.3 is 18.2 Å². The van der Waals surface area contributed by atoms with Gasteiger partial charge in [-0.3, -0.25) is 14.9 Å². The number of aliphatic carboxylic acids is 1. The number of rotatable bonds is 9. The third-order valence-electron chi connectivity index (χ3n) is 4.10. The van der Waals surface area contributed by atoms with E-state index in [0.29, 0.717) is 11.3 Å². The number of nitrogens with zero attached hydrogens (tertiary/aromatic N) is 1. The quantitative estimate of drug-likeness (QED) is 0.276. The molecule has 10 nitrogen and oxygen atoms in total. The first-order chi connectivity index (χ1) is 13.8. The molecule has 0 amide bonds. The number of hydrogen-bond acceptors (Lipinski definition) is 8. The average molecular weight is 404 g/mol. The van der Waals surface area contributed by atoms with Gasteiger partial charge in [0.1, 0.15) is 6.04 Å². The summed E-state index contributed by atoms with van der Waals surface area (Å²) in [6, 6.07) is 8.97. The van der Waals surface area contributed by atoms with Crippen LogP contribution in [-0.2, 0) is 16.0 Å². The number of nitrogens with two attached hydrogens (primary N) is 1. The van der Waals surface area contributed by atoms with E-state index in [9.17, 15) is 19.7 Å². The van der Waals surface area contributed by atoms with E-state index in [4.69, 9.17) is 25.1 Å². The fourth-order valence-corrected chi connectivity index (χ4v) is 2.63. The molecular weight excluding hydrogens is 384 g/mol. The van der Waals surface area contributed by atoms with Crippen molar-refractivity contribution in [3.63, 3.8) is 0 Å². The fourth-order valence-electron chi connectivity index (χ4n) is 2.63. The van der Waals surface area contributed by atoms with Gasteiger partial charge in [0.2, 0.25) is 0 Å². The van der Waals surface area contributed by atoms with Crippen molar-refractivity contribution in [1.82, 2.24) is 0 Å². The highest BCUT2D eigenvalue weighted by molar-refractivity contribution is 5.91. The molecule has 154 valence electrons. The molecule has 0 fully saturated rings. The SMILES string of the molecule is COc1ccc(C(OC(=O)c2ccccc2CC(N)C(=O)O)[N+](=O)[O-])cc1OC. The van der Waals surface area contributed by atoms with Crippen LogP contribution in [0, 0.1) is 10.1 Å². The van der Waals surface area contributed by atoms with Crippen LogP contribution in [0.4, 0.5) is 0 Å². The smallest absolute Gasteiger partial charge is 0.383 e. The Labute approximate surface area is 165 Å². The molecule has 0 saturated carbocycles. The Kier molecular flexibility index (Phi) is 7.10. The molecular formula is C19H20N2O8. The number of esters is 1. The average Bonchev–Trinajstić information content (AvgIpc) is 2.71. The van der Waals surface area contributed by atoms with Crippen LogP contribution in [0.3, 0.4) is 0 Å². The Balaban J connectivity index is 2.32. The van der Waals surface area contributed by atoms with E-state index in [1.165, 1.54) is 50.6 Å². The van der Waals surface area contributed by atoms with Crippen molar-refractivity contribution in [2.24, 2.45) is 5.73 Å². The van der Waals surface area contributed by atoms with Crippen molar-refractivity contribution < 1.29 is 33.8 Å². The third kappa shape index (κ3) is 5.20. The minimum absolute atomic E-state index is 0.00322. The first kappa shape index (κ1) is 21.6. The molecule has 2 unspecified atom stereocenters. The third-order valence-corrected chi connectivity index (χ3v) is 4.10. The fraction of sp³-hybridized carbons (Fsp3) is 0.263. The maximum Gasteiger partial charge on any atom is 0.383 e. The van der Waals surface area contributed by atoms with Crippen molar-refractivity contribution in [2.75, 3.05) is 14.2 Å². The number of carbonyl (C=O) groups excluding carboxylic acids is 1. The minimum Gasteiger partial charge on any atom is -0.493 e. The van der Waals surface area contributed by atoms with Crippen molar-refractivity contribution in [2.45, 2.75) is 18.7 Å². The number of ether oxygens (including phenoxy) is 3. The lowest BCUT2D eigenvalue weighted by Crippen LogP contribution is -2.33. The summed E-state index contributed by atoms with van der Waals surface area (Å²) in [7, 11) is 2.79. The van der Waals surface area contributed by atoms with Gasteiger partial charge in [-0.05, 0) is 36.2 Å². The first-order valence-corrected chi connectivity index (χ1v) is 8.41. The minimum atomic E-state index is -1.80. The highest BCUT2D eigenvalue weighted by Gasteiger charge is 2.30. The van der Waals surface area contributed by atoms with Gasteiger partial charge in [-0.1, -0.05) is 18.2 Å². The predicted octanol–water partition coefficient (Wildman–Crippen LogP) is 1.79. The Morgan fingerprint density at radius 3 is 2.38 bits per heavy atom. The van der Waals surface area contributed by atoms with E-state index in [2.05, 4.69) is 0 Å². The normalized spacial score (nSPS) is 12.5. The number of methoxy groups -OCH3 is 2. The van der Waals surface area contributed by atoms with Gasteiger partial charge < -0.3 is 25.1 Å². The second-order valence-corrected chi connectivity index (χ2v) is 5.96. The number of benzene rings is 2. The second-order valence-electron chi connectivity index (χ2n) is 5.96. The zero-order valence-corrected chi connectivity index (χ0v) is 15.7. The van der Waals surface area contributed by atoms with Crippen LogP contribution in [0.25, 0.3) is 0 Å². The predicted molar refractivity (Wildman–Crippen MR) is 100 cm³/mol. The maximum atomic E-state index is 12.6. The van der Waals surface area contributed by atoms with E-state index in [0.717, 1.165) is 0 Å². The van der Waals surface area contributed by atoms with Gasteiger partial charge in [0, 0.05) is 0 Å². The molecule has 3 N–H and O–H groups in total. The van der Waals surface area contributed by atoms with Gasteiger partial charge in [0.05, 0.1) is 30.3 Å². The van der Waals surface area contributed by atoms with Crippen LogP contribution in [0.15, 0.2) is 42.5 Å². The molecule has 0 aliphatic rings. The zero-order chi connectivity index (χ0) is 21.6. The molecule has 0 aromatic heterocycles. The molecule has 2 aromatic carbocycles. The van der Waals surface area contributed by atoms with Crippen molar-refractivity contribution in [3.05, 3.63) is 69.3 Å². The van der Waals surface area contributed by atoms with Crippen LogP contribution < -0.4 is 15.2 Å². The summed E-state index contributed by atoms with van der Waals surface area (Å²) in [5.74, 6) is -1.62. The van der Waals surface area contributed by atoms with Gasteiger partial charge in [-0.25, -0.2) is 4.79 Å². The lowest BCUT2D eigenvalue weighted by atomic mass is 10.0. The van der Waals surface area contributed by atoms with Gasteiger partial charge in [-0.15, -0.1) is 0 Å². The molecule has 0 spiro atoms. The molecule has 0 heterocycles. The largest absolute Gasteiger partial charge is 0.493 e. The topological polar surface area (TPSA) is 151 Å². The highest BCUT2D eigenvalue weighted by Crippen LogP contribution is 2.31. The summed E-state index contributed by atoms with van der Waals surface area (Å²) in [5, 5.41) is 20.5. The van der Waals surface area contributed by atoms with Crippen LogP contribution in [0.1, 0.15) is 27.7 Å². The number of carbonyl (C=O) groups is 2. The molecule has 0 saturated heterocycles. The standard InChI is InChI=1S/C19H20N2O8/c1-27-15-8-7-12(10-16(15)28-2)17(21(25)26)29-19(24)13-6-4-3-5-11(13)9-14(20)18(22)23/h3-8,10,14,17H,9,20H2,1-2H3,(H,22,23). The Hall–Kier alpha value is -3.66. The molecule has 0 aliphatic heterocycles. The number of carboxylic acid groups (broad SMARTS) is 1. The summed E-state index contributed by atoms with van der Waals surface area (Å²) in [5.41, 5.74) is 5.91. The summed E-state index contributed by atoms with van der Waals surface area (Å²) in [4.78, 5) is 34.4. The van der Waals surface area contributed by atoms with E-state index in [1.807, 2.05) is 0 Å². The Morgan fingerprint density at radius 2 is 1.79 bits per heavy atom. The van der Waals surface area contributed by atoms with Gasteiger partial charge in [0.15, 0.2) is 11.5 Å². The van der Waals surface area contributed by atoms with Crippen molar-refractivity contribution >= 4 is 11.9 Å². The second kappa shape index (κ2) is 9.51. The summed E-state index contributed by atoms with van der Waals surface area (Å²) in [6.07, 6.45) is -1.94. The van der Waals surface area contributed by atoms with Crippen LogP contribution in [-0.4, -0.2) is 42.2 Å². The number of nitro groups is 1. The van der Waals surface area contributed by atoms with E-state index in [-0.39, 0.29) is 23.3 Å². The van der Waals surface area contributed by atoms with Crippen molar-refractivity contribution in [3.8, 4) is 11.5 Å². The monoisotopic (exact) mass is 404 g/mol. The number of hydrogen-bond donors (Lipinski definition) is 2. The highest BCUT2D eigenvalue weighted by atomic mass is 16.7. The van der Waals surface area contributed by atoms with E-state index >= 15 is 0 Å². The maximum absolute atomic E-state index is 12.6. The van der Waals surface area contributed by atoms with E-state index < -0.39 is 29.1 Å². The van der Waals surface area contributed by atoms with Crippen LogP contribution in [0.5, 0.6) is 11.5 Å². The Bertz CT molecular complexity index is 915. The lowest BCUT2D eigenvalue weighted by Gasteiger charge is -2.15. The summed E-state index contributed by atoms with van der Waals surface area (Å²) >= 11 is 0. The molecule has 2 rings (SSSR count). The molecule has 0 bridgehead atoms. The summed E-state index contributed by atoms with van der Waals surface area (Å²) in [6.45, 7) is 0. The molecule has 0 radical (unpaired) electrons. The molecule has 2 atom stereocenters. The Morgan fingerprint density at radius 1 is 1.14 bits per heavy atom. The van der Waals surface area contributed by atoms with Crippen LogP contribution in [0.2, 0.25) is 0 Å². The first-order valence-electron chi connectivity index (χ1n) is 8.41. The molecule has 29 heavy (non-hydrogen) atoms. The van der Waals surface area contributed by atoms with E-state index in [1.54, 1.807) is 6.07 Å². The molecule has 2 aromatic rings.